The highest BCUT2D eigenvalue weighted by Crippen LogP contribution is 2.44. The van der Waals surface area contributed by atoms with Gasteiger partial charge in [0.25, 0.3) is 0 Å². The highest BCUT2D eigenvalue weighted by Gasteiger charge is 2.56. The van der Waals surface area contributed by atoms with Crippen molar-refractivity contribution in [3.8, 4) is 0 Å². The van der Waals surface area contributed by atoms with Gasteiger partial charge >= 0.3 is 31.7 Å². The van der Waals surface area contributed by atoms with Gasteiger partial charge in [-0.25, -0.2) is 4.79 Å². The molecule has 0 spiro atoms. The number of unbranched alkanes of at least 4 members (excludes halogenated alkanes) is 45. The molecule has 0 heterocycles. The van der Waals surface area contributed by atoms with Crippen molar-refractivity contribution in [3.63, 3.8) is 0 Å². The van der Waals surface area contributed by atoms with Crippen LogP contribution in [0.4, 0.5) is 0 Å². The molecule has 0 saturated heterocycles. The van der Waals surface area contributed by atoms with Crippen LogP contribution in [-0.2, 0) is 21.6 Å². The van der Waals surface area contributed by atoms with Crippen molar-refractivity contribution < 1.29 is 21.6 Å². The third kappa shape index (κ3) is 48.4. The molecule has 0 aliphatic heterocycles. The fourth-order valence-electron chi connectivity index (χ4n) is 13.6. The molecule has 0 aliphatic rings. The minimum atomic E-state index is -3.23. The predicted octanol–water partition coefficient (Wildman–Crippen LogP) is 28.7. The van der Waals surface area contributed by atoms with E-state index >= 15 is 0 Å². The van der Waals surface area contributed by atoms with Crippen LogP contribution < -0.4 is 0 Å². The molecule has 0 N–H and O–H groups in total. The minimum Gasteiger partial charge on any atom is -0.491 e. The highest BCUT2D eigenvalue weighted by molar-refractivity contribution is 6.91. The molecule has 9 heteroatoms. The molecule has 0 aliphatic carbocycles. The summed E-state index contributed by atoms with van der Waals surface area (Å²) >= 11 is 0. The first kappa shape index (κ1) is 85.0. The van der Waals surface area contributed by atoms with Gasteiger partial charge in [0.1, 0.15) is 0 Å². The Hall–Kier alpha value is -0.0425. The molecule has 0 fully saturated rings. The minimum absolute atomic E-state index is 0.201. The van der Waals surface area contributed by atoms with E-state index in [1.807, 2.05) is 6.92 Å². The number of hydrogen-bond acceptors (Lipinski definition) is 5. The lowest BCUT2D eigenvalue weighted by Crippen LogP contribution is -2.63. The second-order valence-corrected chi connectivity index (χ2v) is 43.0. The number of hydrogen-bond donors (Lipinski definition) is 0. The third-order valence-electron chi connectivity index (χ3n) is 19.2. The van der Waals surface area contributed by atoms with Crippen molar-refractivity contribution in [2.24, 2.45) is 0 Å². The smallest absolute Gasteiger partial charge is 0.393 e. The van der Waals surface area contributed by atoms with Crippen molar-refractivity contribution in [3.05, 3.63) is 12.2 Å². The summed E-state index contributed by atoms with van der Waals surface area (Å²) < 4.78 is 34.1. The molecular weight excluding hydrogens is 1110 g/mol. The first-order valence-corrected chi connectivity index (χ1v) is 48.7. The van der Waals surface area contributed by atoms with Crippen LogP contribution in [0.15, 0.2) is 12.2 Å². The van der Waals surface area contributed by atoms with Crippen molar-refractivity contribution in [1.29, 1.82) is 0 Å². The SMILES string of the molecule is C=C(C)C(=O)O[Si](CCCCCCCC)(CCCCCCCC)O[Si](CCCCCCCC)(CCCCCCCC)O[Si](CCCCCCCC)(CCCCCCCC)O[Si](CCCCCCCC)(CCCCCCCC)CCCCCCCC. The van der Waals surface area contributed by atoms with Crippen molar-refractivity contribution in [2.75, 3.05) is 0 Å². The van der Waals surface area contributed by atoms with Gasteiger partial charge < -0.3 is 16.8 Å². The fourth-order valence-corrected chi connectivity index (χ4v) is 38.4. The van der Waals surface area contributed by atoms with E-state index in [-0.39, 0.29) is 5.97 Å². The normalized spacial score (nSPS) is 12.5. The average Bonchev–Trinajstić information content (AvgIpc) is 3.68. The molecule has 0 bridgehead atoms. The van der Waals surface area contributed by atoms with Crippen LogP contribution >= 0.6 is 0 Å². The van der Waals surface area contributed by atoms with E-state index in [0.29, 0.717) is 5.57 Å². The van der Waals surface area contributed by atoms with Gasteiger partial charge in [0, 0.05) is 17.7 Å². The van der Waals surface area contributed by atoms with Gasteiger partial charge in [-0.1, -0.05) is 416 Å². The topological polar surface area (TPSA) is 54.0 Å². The summed E-state index contributed by atoms with van der Waals surface area (Å²) in [6.07, 6.45) is 69.8. The first-order valence-electron chi connectivity index (χ1n) is 39.5. The Balaban J connectivity index is 8.99. The zero-order valence-electron chi connectivity index (χ0n) is 60.3. The molecule has 0 aromatic rings. The Morgan fingerprint density at radius 1 is 0.235 bits per heavy atom. The van der Waals surface area contributed by atoms with Crippen LogP contribution in [0.1, 0.15) is 416 Å². The van der Waals surface area contributed by atoms with Gasteiger partial charge in [0.15, 0.2) is 8.32 Å². The van der Waals surface area contributed by atoms with E-state index < -0.39 is 34.0 Å². The van der Waals surface area contributed by atoms with E-state index in [2.05, 4.69) is 68.9 Å². The molecule has 0 aromatic carbocycles. The maximum Gasteiger partial charge on any atom is 0.393 e. The monoisotopic (exact) mass is 1260 g/mol. The Morgan fingerprint density at radius 3 is 0.612 bits per heavy atom. The molecule has 0 aromatic heterocycles. The second kappa shape index (κ2) is 61.5. The quantitative estimate of drug-likeness (QED) is 0.0345. The first-order chi connectivity index (χ1) is 41.5. The Labute approximate surface area is 540 Å². The molecule has 0 atom stereocenters. The molecule has 0 saturated carbocycles. The summed E-state index contributed by atoms with van der Waals surface area (Å²) in [5, 5.41) is 0. The van der Waals surface area contributed by atoms with E-state index in [4.69, 9.17) is 16.8 Å². The van der Waals surface area contributed by atoms with Gasteiger partial charge in [-0.3, -0.25) is 0 Å². The molecule has 0 radical (unpaired) electrons. The van der Waals surface area contributed by atoms with Crippen molar-refractivity contribution in [1.82, 2.24) is 0 Å². The summed E-state index contributed by atoms with van der Waals surface area (Å²) in [4.78, 5) is 14.6. The van der Waals surface area contributed by atoms with Gasteiger partial charge in [-0.05, 0) is 49.2 Å². The highest BCUT2D eigenvalue weighted by atomic mass is 28.5. The molecule has 508 valence electrons. The molecule has 0 unspecified atom stereocenters. The van der Waals surface area contributed by atoms with E-state index in [1.54, 1.807) is 0 Å². The predicted molar refractivity (Wildman–Crippen MR) is 391 cm³/mol. The number of rotatable bonds is 71. The molecule has 85 heavy (non-hydrogen) atoms. The fraction of sp³-hybridized carbons (Fsp3) is 0.961. The van der Waals surface area contributed by atoms with Crippen LogP contribution in [0.2, 0.25) is 54.4 Å². The summed E-state index contributed by atoms with van der Waals surface area (Å²) in [6.45, 7) is 27.4. The largest absolute Gasteiger partial charge is 0.491 e. The Bertz CT molecular complexity index is 1320. The van der Waals surface area contributed by atoms with Crippen LogP contribution in [0, 0.1) is 0 Å². The third-order valence-corrected chi connectivity index (χ3v) is 39.4. The molecule has 0 rings (SSSR count). The summed E-state index contributed by atoms with van der Waals surface area (Å²) in [5.74, 6) is -0.201. The van der Waals surface area contributed by atoms with Crippen molar-refractivity contribution in [2.45, 2.75) is 470 Å². The van der Waals surface area contributed by atoms with Gasteiger partial charge in [0.05, 0.1) is 0 Å². The number of carbonyl (C=O) groups is 1. The van der Waals surface area contributed by atoms with Gasteiger partial charge in [-0.15, -0.1) is 0 Å². The zero-order chi connectivity index (χ0) is 62.5. The van der Waals surface area contributed by atoms with E-state index in [1.165, 1.54) is 339 Å². The summed E-state index contributed by atoms with van der Waals surface area (Å²) in [7, 11) is -11.8. The van der Waals surface area contributed by atoms with Gasteiger partial charge in [-0.2, -0.15) is 0 Å². The van der Waals surface area contributed by atoms with Crippen LogP contribution in [0.25, 0.3) is 0 Å². The molecule has 0 amide bonds. The Kier molecular flexibility index (Phi) is 61.4. The standard InChI is InChI=1S/C76H158O5Si4/c1-12-21-30-39-48-57-66-82(67-58-49-40-31-22-13-2,68-59-50-41-32-23-14-3)79-84(71-62-53-44-35-26-17-6,72-63-54-45-36-27-18-7)81-85(73-64-55-46-37-28-19-8,74-65-56-47-38-29-20-9)80-83(78-76(77)75(10)11,69-60-51-42-33-24-15-4)70-61-52-43-34-25-16-5/h10,12-74H2,1-9,11H3. The average molecular weight is 1260 g/mol. The lowest BCUT2D eigenvalue weighted by molar-refractivity contribution is -0.132. The number of carbonyl (C=O) groups excluding carboxylic acids is 1. The van der Waals surface area contributed by atoms with Crippen LogP contribution in [0.3, 0.4) is 0 Å². The molecular formula is C76H158O5Si4. The lowest BCUT2D eigenvalue weighted by Gasteiger charge is -2.49. The zero-order valence-corrected chi connectivity index (χ0v) is 64.3. The summed E-state index contributed by atoms with van der Waals surface area (Å²) in [6, 6.07) is 10.1. The van der Waals surface area contributed by atoms with Gasteiger partial charge in [0.2, 0.25) is 0 Å². The van der Waals surface area contributed by atoms with Crippen molar-refractivity contribution >= 4 is 40.0 Å². The molecule has 5 nitrogen and oxygen atoms in total. The maximum absolute atomic E-state index is 14.6. The van der Waals surface area contributed by atoms with Crippen LogP contribution in [0.5, 0.6) is 0 Å². The second-order valence-electron chi connectivity index (χ2n) is 28.1. The van der Waals surface area contributed by atoms with E-state index in [0.717, 1.165) is 61.9 Å². The van der Waals surface area contributed by atoms with E-state index in [9.17, 15) is 4.79 Å². The summed E-state index contributed by atoms with van der Waals surface area (Å²) in [5.41, 5.74) is 0.527. The lowest BCUT2D eigenvalue weighted by atomic mass is 10.1. The maximum atomic E-state index is 14.6. The Morgan fingerprint density at radius 2 is 0.400 bits per heavy atom. The van der Waals surface area contributed by atoms with Crippen LogP contribution in [-0.4, -0.2) is 40.0 Å².